The lowest BCUT2D eigenvalue weighted by Crippen LogP contribution is -2.37. The summed E-state index contributed by atoms with van der Waals surface area (Å²) < 4.78 is 0. The van der Waals surface area contributed by atoms with Gasteiger partial charge in [0.15, 0.2) is 5.69 Å². The van der Waals surface area contributed by atoms with Crippen LogP contribution in [0.4, 0.5) is 10.7 Å². The van der Waals surface area contributed by atoms with Crippen LogP contribution in [0.1, 0.15) is 36.2 Å². The average molecular weight is 358 g/mol. The van der Waals surface area contributed by atoms with E-state index in [0.29, 0.717) is 23.8 Å². The summed E-state index contributed by atoms with van der Waals surface area (Å²) in [7, 11) is 0. The lowest BCUT2D eigenvalue weighted by molar-refractivity contribution is -0.124. The van der Waals surface area contributed by atoms with Gasteiger partial charge in [-0.15, -0.1) is 11.3 Å². The maximum Gasteiger partial charge on any atom is 0.273 e. The van der Waals surface area contributed by atoms with Gasteiger partial charge in [-0.2, -0.15) is 0 Å². The third kappa shape index (κ3) is 4.79. The van der Waals surface area contributed by atoms with E-state index in [-0.39, 0.29) is 17.7 Å². The standard InChI is InChI=1S/C18H22N4O2S/c23-16(13-6-4-5-7-13)19-10-11-20-17(24)15-18(25-12-21-15)22-14-8-2-1-3-9-14/h1-3,8-9,12-13,22H,4-7,10-11H2,(H,19,23)(H,20,24). The molecule has 0 unspecified atom stereocenters. The fourth-order valence-electron chi connectivity index (χ4n) is 2.93. The van der Waals surface area contributed by atoms with Crippen molar-refractivity contribution in [1.29, 1.82) is 0 Å². The van der Waals surface area contributed by atoms with E-state index in [2.05, 4.69) is 20.9 Å². The summed E-state index contributed by atoms with van der Waals surface area (Å²) in [5.41, 5.74) is 2.92. The second-order valence-corrected chi connectivity index (χ2v) is 6.90. The Balaban J connectivity index is 1.45. The zero-order chi connectivity index (χ0) is 17.5. The van der Waals surface area contributed by atoms with Crippen LogP contribution in [0, 0.1) is 5.92 Å². The number of benzene rings is 1. The summed E-state index contributed by atoms with van der Waals surface area (Å²) >= 11 is 1.38. The lowest BCUT2D eigenvalue weighted by Gasteiger charge is -2.11. The molecule has 0 aliphatic heterocycles. The summed E-state index contributed by atoms with van der Waals surface area (Å²) in [6.45, 7) is 0.826. The first kappa shape index (κ1) is 17.4. The fraction of sp³-hybridized carbons (Fsp3) is 0.389. The van der Waals surface area contributed by atoms with Crippen molar-refractivity contribution in [1.82, 2.24) is 15.6 Å². The lowest BCUT2D eigenvalue weighted by atomic mass is 10.1. The van der Waals surface area contributed by atoms with Gasteiger partial charge in [-0.05, 0) is 25.0 Å². The van der Waals surface area contributed by atoms with E-state index < -0.39 is 0 Å². The summed E-state index contributed by atoms with van der Waals surface area (Å²) in [6.07, 6.45) is 4.22. The third-order valence-electron chi connectivity index (χ3n) is 4.25. The Hall–Kier alpha value is -2.41. The zero-order valence-electron chi connectivity index (χ0n) is 14.0. The van der Waals surface area contributed by atoms with E-state index in [0.717, 1.165) is 31.4 Å². The van der Waals surface area contributed by atoms with Crippen LogP contribution in [0.2, 0.25) is 0 Å². The summed E-state index contributed by atoms with van der Waals surface area (Å²) in [4.78, 5) is 28.4. The predicted octanol–water partition coefficient (Wildman–Crippen LogP) is 2.92. The molecular weight excluding hydrogens is 336 g/mol. The maximum absolute atomic E-state index is 12.3. The molecule has 3 rings (SSSR count). The Morgan fingerprint density at radius 3 is 2.56 bits per heavy atom. The maximum atomic E-state index is 12.3. The normalized spacial score (nSPS) is 14.2. The Bertz CT molecular complexity index is 711. The van der Waals surface area contributed by atoms with Crippen molar-refractivity contribution >= 4 is 33.8 Å². The van der Waals surface area contributed by atoms with Crippen LogP contribution in [0.25, 0.3) is 0 Å². The highest BCUT2D eigenvalue weighted by atomic mass is 32.1. The molecule has 0 atom stereocenters. The molecule has 1 aromatic carbocycles. The summed E-state index contributed by atoms with van der Waals surface area (Å²) in [5, 5.41) is 9.61. The topological polar surface area (TPSA) is 83.1 Å². The minimum Gasteiger partial charge on any atom is -0.354 e. The number of thiazole rings is 1. The summed E-state index contributed by atoms with van der Waals surface area (Å²) in [6, 6.07) is 9.65. The zero-order valence-corrected chi connectivity index (χ0v) is 14.8. The fourth-order valence-corrected chi connectivity index (χ4v) is 3.62. The van der Waals surface area contributed by atoms with Crippen molar-refractivity contribution < 1.29 is 9.59 Å². The quantitative estimate of drug-likeness (QED) is 0.665. The molecule has 1 aliphatic rings. The number of anilines is 2. The molecule has 2 amide bonds. The minimum atomic E-state index is -0.241. The second-order valence-electron chi connectivity index (χ2n) is 6.05. The van der Waals surface area contributed by atoms with Crippen LogP contribution in [-0.2, 0) is 4.79 Å². The van der Waals surface area contributed by atoms with E-state index in [1.54, 1.807) is 5.51 Å². The molecule has 2 aromatic rings. The minimum absolute atomic E-state index is 0.104. The Labute approximate surface area is 151 Å². The van der Waals surface area contributed by atoms with Crippen molar-refractivity contribution in [2.45, 2.75) is 25.7 Å². The van der Waals surface area contributed by atoms with E-state index in [1.165, 1.54) is 11.3 Å². The van der Waals surface area contributed by atoms with Gasteiger partial charge in [0.25, 0.3) is 5.91 Å². The number of para-hydroxylation sites is 1. The Morgan fingerprint density at radius 2 is 1.80 bits per heavy atom. The van der Waals surface area contributed by atoms with Crippen LogP contribution >= 0.6 is 11.3 Å². The predicted molar refractivity (Wildman–Crippen MR) is 99.1 cm³/mol. The van der Waals surface area contributed by atoms with Gasteiger partial charge >= 0.3 is 0 Å². The Morgan fingerprint density at radius 1 is 1.08 bits per heavy atom. The number of nitrogens with zero attached hydrogens (tertiary/aromatic N) is 1. The largest absolute Gasteiger partial charge is 0.354 e. The van der Waals surface area contributed by atoms with Crippen LogP contribution in [-0.4, -0.2) is 29.9 Å². The SMILES string of the molecule is O=C(NCCNC(=O)C1CCCC1)c1ncsc1Nc1ccccc1. The molecule has 1 aromatic heterocycles. The third-order valence-corrected chi connectivity index (χ3v) is 4.99. The van der Waals surface area contributed by atoms with Crippen molar-refractivity contribution in [2.75, 3.05) is 18.4 Å². The number of carbonyl (C=O) groups excluding carboxylic acids is 2. The van der Waals surface area contributed by atoms with Crippen molar-refractivity contribution in [2.24, 2.45) is 5.92 Å². The molecule has 1 saturated carbocycles. The van der Waals surface area contributed by atoms with Gasteiger partial charge in [0.1, 0.15) is 5.00 Å². The molecule has 0 radical (unpaired) electrons. The molecule has 0 spiro atoms. The first-order chi connectivity index (χ1) is 12.2. The van der Waals surface area contributed by atoms with Crippen molar-refractivity contribution in [3.05, 3.63) is 41.5 Å². The molecule has 25 heavy (non-hydrogen) atoms. The van der Waals surface area contributed by atoms with Gasteiger partial charge in [-0.3, -0.25) is 9.59 Å². The van der Waals surface area contributed by atoms with Gasteiger partial charge in [-0.25, -0.2) is 4.98 Å². The first-order valence-electron chi connectivity index (χ1n) is 8.55. The molecular formula is C18H22N4O2S. The van der Waals surface area contributed by atoms with Gasteiger partial charge in [0.05, 0.1) is 5.51 Å². The van der Waals surface area contributed by atoms with E-state index >= 15 is 0 Å². The van der Waals surface area contributed by atoms with Crippen LogP contribution in [0.15, 0.2) is 35.8 Å². The van der Waals surface area contributed by atoms with Gasteiger partial charge < -0.3 is 16.0 Å². The molecule has 0 bridgehead atoms. The number of rotatable bonds is 7. The number of hydrogen-bond acceptors (Lipinski definition) is 5. The van der Waals surface area contributed by atoms with E-state index in [1.807, 2.05) is 30.3 Å². The van der Waals surface area contributed by atoms with Crippen LogP contribution in [0.5, 0.6) is 0 Å². The number of aromatic nitrogens is 1. The van der Waals surface area contributed by atoms with Crippen LogP contribution in [0.3, 0.4) is 0 Å². The highest BCUT2D eigenvalue weighted by Crippen LogP contribution is 2.25. The Kier molecular flexibility index (Phi) is 6.00. The highest BCUT2D eigenvalue weighted by molar-refractivity contribution is 7.14. The number of carbonyl (C=O) groups is 2. The second kappa shape index (κ2) is 8.62. The monoisotopic (exact) mass is 358 g/mol. The van der Waals surface area contributed by atoms with Gasteiger partial charge in [0.2, 0.25) is 5.91 Å². The molecule has 1 aliphatic carbocycles. The van der Waals surface area contributed by atoms with Gasteiger partial charge in [-0.1, -0.05) is 31.0 Å². The van der Waals surface area contributed by atoms with Crippen molar-refractivity contribution in [3.8, 4) is 0 Å². The molecule has 1 heterocycles. The van der Waals surface area contributed by atoms with E-state index in [9.17, 15) is 9.59 Å². The highest BCUT2D eigenvalue weighted by Gasteiger charge is 2.22. The number of amides is 2. The number of nitrogens with one attached hydrogen (secondary N) is 3. The molecule has 1 fully saturated rings. The molecule has 0 saturated heterocycles. The van der Waals surface area contributed by atoms with Crippen LogP contribution < -0.4 is 16.0 Å². The summed E-state index contributed by atoms with van der Waals surface area (Å²) in [5.74, 6) is 0.0116. The average Bonchev–Trinajstić information content (AvgIpc) is 3.31. The van der Waals surface area contributed by atoms with E-state index in [4.69, 9.17) is 0 Å². The molecule has 7 heteroatoms. The number of hydrogen-bond donors (Lipinski definition) is 3. The van der Waals surface area contributed by atoms with Gasteiger partial charge in [0, 0.05) is 24.7 Å². The smallest absolute Gasteiger partial charge is 0.273 e. The first-order valence-corrected chi connectivity index (χ1v) is 9.43. The molecule has 132 valence electrons. The van der Waals surface area contributed by atoms with Crippen molar-refractivity contribution in [3.63, 3.8) is 0 Å². The molecule has 3 N–H and O–H groups in total. The molecule has 6 nitrogen and oxygen atoms in total.